The summed E-state index contributed by atoms with van der Waals surface area (Å²) in [7, 11) is 2.83. The van der Waals surface area contributed by atoms with Gasteiger partial charge < -0.3 is 19.5 Å². The quantitative estimate of drug-likeness (QED) is 0.188. The Morgan fingerprint density at radius 1 is 0.974 bits per heavy atom. The Balaban J connectivity index is 1.51. The molecule has 0 fully saturated rings. The van der Waals surface area contributed by atoms with Gasteiger partial charge in [-0.2, -0.15) is 0 Å². The monoisotopic (exact) mass is 531 g/mol. The number of methoxy groups -OCH3 is 2. The lowest BCUT2D eigenvalue weighted by molar-refractivity contribution is -0.111. The van der Waals surface area contributed by atoms with Gasteiger partial charge in [-0.1, -0.05) is 48.5 Å². The van der Waals surface area contributed by atoms with E-state index in [1.54, 1.807) is 37.5 Å². The Morgan fingerprint density at radius 2 is 1.71 bits per heavy atom. The highest BCUT2D eigenvalue weighted by Gasteiger charge is 2.24. The maximum atomic E-state index is 13.4. The van der Waals surface area contributed by atoms with Crippen LogP contribution in [-0.2, 0) is 16.1 Å². The average molecular weight is 532 g/mol. The van der Waals surface area contributed by atoms with Gasteiger partial charge in [0, 0.05) is 16.5 Å². The minimum Gasteiger partial charge on any atom is -0.493 e. The molecule has 6 nitrogen and oxygen atoms in total. The van der Waals surface area contributed by atoms with Crippen LogP contribution in [0, 0.1) is 12.7 Å². The highest BCUT2D eigenvalue weighted by molar-refractivity contribution is 7.17. The van der Waals surface area contributed by atoms with Gasteiger partial charge in [0.25, 0.3) is 0 Å². The topological polar surface area (TPSA) is 73.9 Å². The Labute approximate surface area is 224 Å². The van der Waals surface area contributed by atoms with E-state index in [9.17, 15) is 14.0 Å². The third-order valence-corrected chi connectivity index (χ3v) is 6.72. The highest BCUT2D eigenvalue weighted by Crippen LogP contribution is 2.40. The summed E-state index contributed by atoms with van der Waals surface area (Å²) in [6, 6.07) is 21.0. The van der Waals surface area contributed by atoms with E-state index in [1.807, 2.05) is 43.3 Å². The zero-order chi connectivity index (χ0) is 27.1. The fourth-order valence-electron chi connectivity index (χ4n) is 3.86. The predicted octanol–water partition coefficient (Wildman–Crippen LogP) is 6.89. The van der Waals surface area contributed by atoms with E-state index in [2.05, 4.69) is 5.32 Å². The fraction of sp³-hybridized carbons (Fsp3) is 0.133. The number of halogens is 1. The van der Waals surface area contributed by atoms with Crippen LogP contribution in [0.25, 0.3) is 17.2 Å². The van der Waals surface area contributed by atoms with Crippen LogP contribution in [0.3, 0.4) is 0 Å². The molecule has 0 aliphatic carbocycles. The molecule has 4 rings (SSSR count). The molecular formula is C30H26FNO5S. The molecule has 0 saturated carbocycles. The Hall–Kier alpha value is -4.43. The molecule has 38 heavy (non-hydrogen) atoms. The van der Waals surface area contributed by atoms with E-state index in [1.165, 1.54) is 36.7 Å². The minimum atomic E-state index is -0.594. The van der Waals surface area contributed by atoms with Crippen molar-refractivity contribution in [2.45, 2.75) is 13.5 Å². The summed E-state index contributed by atoms with van der Waals surface area (Å²) >= 11 is 1.25. The maximum absolute atomic E-state index is 13.4. The van der Waals surface area contributed by atoms with Crippen molar-refractivity contribution in [1.29, 1.82) is 0 Å². The summed E-state index contributed by atoms with van der Waals surface area (Å²) in [4.78, 5) is 26.2. The first kappa shape index (κ1) is 26.6. The van der Waals surface area contributed by atoms with E-state index >= 15 is 0 Å². The number of hydrogen-bond acceptors (Lipinski definition) is 6. The van der Waals surface area contributed by atoms with Gasteiger partial charge in [0.1, 0.15) is 23.0 Å². The molecule has 1 N–H and O–H groups in total. The van der Waals surface area contributed by atoms with Gasteiger partial charge in [-0.25, -0.2) is 9.18 Å². The van der Waals surface area contributed by atoms with Crippen LogP contribution < -0.4 is 14.8 Å². The van der Waals surface area contributed by atoms with Crippen molar-refractivity contribution in [3.8, 4) is 22.6 Å². The number of ether oxygens (including phenoxy) is 3. The SMILES string of the molecule is COC(=O)c1c(NC(=O)/C=C/c2ccc(OCc3ccccc3)c(OC)c2)sc(C)c1-c1ccc(F)cc1. The lowest BCUT2D eigenvalue weighted by atomic mass is 10.0. The second kappa shape index (κ2) is 12.2. The van der Waals surface area contributed by atoms with E-state index in [4.69, 9.17) is 14.2 Å². The number of hydrogen-bond donors (Lipinski definition) is 1. The van der Waals surface area contributed by atoms with Gasteiger partial charge in [0.15, 0.2) is 11.5 Å². The second-order valence-electron chi connectivity index (χ2n) is 8.24. The van der Waals surface area contributed by atoms with Gasteiger partial charge in [0.2, 0.25) is 5.91 Å². The third-order valence-electron chi connectivity index (χ3n) is 5.70. The number of thiophene rings is 1. The number of carbonyl (C=O) groups is 2. The van der Waals surface area contributed by atoms with E-state index in [0.29, 0.717) is 34.2 Å². The van der Waals surface area contributed by atoms with Crippen molar-refractivity contribution in [3.05, 3.63) is 106 Å². The zero-order valence-corrected chi connectivity index (χ0v) is 21.9. The number of esters is 1. The first-order chi connectivity index (χ1) is 18.4. The van der Waals surface area contributed by atoms with Gasteiger partial charge in [-0.15, -0.1) is 11.3 Å². The van der Waals surface area contributed by atoms with Crippen molar-refractivity contribution in [3.63, 3.8) is 0 Å². The van der Waals surface area contributed by atoms with Gasteiger partial charge >= 0.3 is 5.97 Å². The summed E-state index contributed by atoms with van der Waals surface area (Å²) in [6.07, 6.45) is 3.00. The molecule has 4 aromatic rings. The Morgan fingerprint density at radius 3 is 2.39 bits per heavy atom. The molecule has 0 unspecified atom stereocenters. The van der Waals surface area contributed by atoms with E-state index < -0.39 is 11.9 Å². The summed E-state index contributed by atoms with van der Waals surface area (Å²) in [5.41, 5.74) is 3.24. The molecule has 0 saturated heterocycles. The summed E-state index contributed by atoms with van der Waals surface area (Å²) in [5.74, 6) is -0.279. The van der Waals surface area contributed by atoms with Crippen LogP contribution in [0.15, 0.2) is 78.9 Å². The van der Waals surface area contributed by atoms with Gasteiger partial charge in [-0.3, -0.25) is 4.79 Å². The van der Waals surface area contributed by atoms with Crippen LogP contribution in [0.5, 0.6) is 11.5 Å². The first-order valence-corrected chi connectivity index (χ1v) is 12.5. The predicted molar refractivity (Wildman–Crippen MR) is 147 cm³/mol. The maximum Gasteiger partial charge on any atom is 0.341 e. The minimum absolute atomic E-state index is 0.227. The molecule has 0 atom stereocenters. The molecule has 1 heterocycles. The van der Waals surface area contributed by atoms with Crippen LogP contribution in [-0.4, -0.2) is 26.1 Å². The van der Waals surface area contributed by atoms with Crippen LogP contribution in [0.2, 0.25) is 0 Å². The highest BCUT2D eigenvalue weighted by atomic mass is 32.1. The summed E-state index contributed by atoms with van der Waals surface area (Å²) in [5, 5.41) is 3.13. The molecular weight excluding hydrogens is 505 g/mol. The number of rotatable bonds is 9. The molecule has 0 spiro atoms. The smallest absolute Gasteiger partial charge is 0.341 e. The largest absolute Gasteiger partial charge is 0.493 e. The number of amides is 1. The summed E-state index contributed by atoms with van der Waals surface area (Å²) in [6.45, 7) is 2.23. The molecule has 0 radical (unpaired) electrons. The molecule has 0 aliphatic rings. The van der Waals surface area contributed by atoms with Crippen molar-refractivity contribution in [1.82, 2.24) is 0 Å². The van der Waals surface area contributed by atoms with Crippen LogP contribution in [0.1, 0.15) is 26.4 Å². The molecule has 1 amide bonds. The number of aryl methyl sites for hydroxylation is 1. The number of benzene rings is 3. The Kier molecular flexibility index (Phi) is 8.55. The molecule has 8 heteroatoms. The zero-order valence-electron chi connectivity index (χ0n) is 21.1. The Bertz CT molecular complexity index is 1460. The second-order valence-corrected chi connectivity index (χ2v) is 9.47. The molecule has 1 aromatic heterocycles. The number of nitrogens with one attached hydrogen (secondary N) is 1. The fourth-order valence-corrected chi connectivity index (χ4v) is 4.93. The van der Waals surface area contributed by atoms with Crippen LogP contribution in [0.4, 0.5) is 9.39 Å². The normalized spacial score (nSPS) is 10.8. The lowest BCUT2D eigenvalue weighted by Gasteiger charge is -2.11. The van der Waals surface area contributed by atoms with Gasteiger partial charge in [0.05, 0.1) is 14.2 Å². The van der Waals surface area contributed by atoms with E-state index in [0.717, 1.165) is 16.0 Å². The van der Waals surface area contributed by atoms with Crippen LogP contribution >= 0.6 is 11.3 Å². The standard InChI is InChI=1S/C30H26FNO5S/c1-19-27(22-11-13-23(31)14-12-22)28(30(34)36-3)29(38-19)32-26(33)16-10-20-9-15-24(25(17-20)35-2)37-18-21-7-5-4-6-8-21/h4-17H,18H2,1-3H3,(H,32,33)/b16-10+. The molecule has 194 valence electrons. The number of anilines is 1. The van der Waals surface area contributed by atoms with Crippen molar-refractivity contribution < 1.29 is 28.2 Å². The average Bonchev–Trinajstić information content (AvgIpc) is 3.26. The van der Waals surface area contributed by atoms with Gasteiger partial charge in [-0.05, 0) is 54.0 Å². The molecule has 0 bridgehead atoms. The van der Waals surface area contributed by atoms with E-state index in [-0.39, 0.29) is 11.4 Å². The number of carbonyl (C=O) groups excluding carboxylic acids is 2. The molecule has 0 aliphatic heterocycles. The first-order valence-electron chi connectivity index (χ1n) is 11.7. The third kappa shape index (κ3) is 6.27. The van der Waals surface area contributed by atoms with Crippen molar-refractivity contribution in [2.75, 3.05) is 19.5 Å². The van der Waals surface area contributed by atoms with Crippen molar-refractivity contribution in [2.24, 2.45) is 0 Å². The lowest BCUT2D eigenvalue weighted by Crippen LogP contribution is -2.11. The summed E-state index contributed by atoms with van der Waals surface area (Å²) < 4.78 is 29.8. The van der Waals surface area contributed by atoms with Crippen molar-refractivity contribution >= 4 is 34.3 Å². The molecule has 3 aromatic carbocycles.